The van der Waals surface area contributed by atoms with Crippen LogP contribution in [0.25, 0.3) is 6.08 Å². The van der Waals surface area contributed by atoms with Gasteiger partial charge in [-0.2, -0.15) is 0 Å². The normalized spacial score (nSPS) is 12.0. The first-order valence-electron chi connectivity index (χ1n) is 8.20. The van der Waals surface area contributed by atoms with Crippen LogP contribution in [0.2, 0.25) is 0 Å². The van der Waals surface area contributed by atoms with Gasteiger partial charge >= 0.3 is 0 Å². The van der Waals surface area contributed by atoms with Crippen molar-refractivity contribution in [2.45, 2.75) is 19.9 Å². The smallest absolute Gasteiger partial charge is 0.246 e. The minimum absolute atomic E-state index is 0.0815. The van der Waals surface area contributed by atoms with Crippen molar-refractivity contribution in [1.82, 2.24) is 4.90 Å². The molecule has 0 heterocycles. The van der Waals surface area contributed by atoms with Crippen LogP contribution in [-0.2, 0) is 4.79 Å². The SMILES string of the molecule is COc1ccc(C)cc1/C=C/C(=O)N(C)C(C)c1ccccc1OC. The van der Waals surface area contributed by atoms with Crippen molar-refractivity contribution in [2.24, 2.45) is 0 Å². The van der Waals surface area contributed by atoms with Gasteiger partial charge in [0.2, 0.25) is 5.91 Å². The average molecular weight is 339 g/mol. The van der Waals surface area contributed by atoms with Crippen LogP contribution in [0.15, 0.2) is 48.5 Å². The van der Waals surface area contributed by atoms with Crippen LogP contribution in [0.5, 0.6) is 11.5 Å². The second-order valence-corrected chi connectivity index (χ2v) is 5.95. The second-order valence-electron chi connectivity index (χ2n) is 5.95. The second kappa shape index (κ2) is 8.38. The standard InChI is InChI=1S/C21H25NO3/c1-15-10-12-19(24-4)17(14-15)11-13-21(23)22(3)16(2)18-8-6-7-9-20(18)25-5/h6-14,16H,1-5H3/b13-11+. The van der Waals surface area contributed by atoms with Gasteiger partial charge in [-0.15, -0.1) is 0 Å². The monoisotopic (exact) mass is 339 g/mol. The number of ether oxygens (including phenoxy) is 2. The van der Waals surface area contributed by atoms with E-state index in [0.29, 0.717) is 0 Å². The van der Waals surface area contributed by atoms with Gasteiger partial charge in [0.15, 0.2) is 0 Å². The van der Waals surface area contributed by atoms with Gasteiger partial charge in [0, 0.05) is 24.3 Å². The van der Waals surface area contributed by atoms with E-state index in [1.807, 2.05) is 56.3 Å². The molecule has 0 saturated carbocycles. The summed E-state index contributed by atoms with van der Waals surface area (Å²) in [4.78, 5) is 14.3. The van der Waals surface area contributed by atoms with E-state index in [-0.39, 0.29) is 11.9 Å². The van der Waals surface area contributed by atoms with Crippen LogP contribution in [0, 0.1) is 6.92 Å². The molecule has 0 spiro atoms. The summed E-state index contributed by atoms with van der Waals surface area (Å²) in [5, 5.41) is 0. The van der Waals surface area contributed by atoms with Gasteiger partial charge < -0.3 is 14.4 Å². The maximum atomic E-state index is 12.6. The highest BCUT2D eigenvalue weighted by Gasteiger charge is 2.18. The molecule has 2 rings (SSSR count). The molecule has 0 bridgehead atoms. The summed E-state index contributed by atoms with van der Waals surface area (Å²) >= 11 is 0. The zero-order valence-electron chi connectivity index (χ0n) is 15.4. The van der Waals surface area contributed by atoms with E-state index >= 15 is 0 Å². The van der Waals surface area contributed by atoms with Gasteiger partial charge in [0.05, 0.1) is 20.3 Å². The van der Waals surface area contributed by atoms with E-state index in [1.54, 1.807) is 38.3 Å². The van der Waals surface area contributed by atoms with Crippen LogP contribution < -0.4 is 9.47 Å². The van der Waals surface area contributed by atoms with Gasteiger partial charge in [0.1, 0.15) is 11.5 Å². The summed E-state index contributed by atoms with van der Waals surface area (Å²) in [5.74, 6) is 1.44. The number of aryl methyl sites for hydroxylation is 1. The Labute approximate surface area is 149 Å². The minimum Gasteiger partial charge on any atom is -0.496 e. The third-order valence-electron chi connectivity index (χ3n) is 4.31. The summed E-state index contributed by atoms with van der Waals surface area (Å²) in [5.41, 5.74) is 2.97. The number of carbonyl (C=O) groups is 1. The molecular weight excluding hydrogens is 314 g/mol. The summed E-state index contributed by atoms with van der Waals surface area (Å²) in [6, 6.07) is 13.5. The van der Waals surface area contributed by atoms with Gasteiger partial charge in [-0.25, -0.2) is 0 Å². The van der Waals surface area contributed by atoms with E-state index in [0.717, 1.165) is 28.2 Å². The first-order chi connectivity index (χ1) is 12.0. The Hall–Kier alpha value is -2.75. The number of likely N-dealkylation sites (N-methyl/N-ethyl adjacent to an activating group) is 1. The van der Waals surface area contributed by atoms with Gasteiger partial charge in [0.25, 0.3) is 0 Å². The van der Waals surface area contributed by atoms with Crippen molar-refractivity contribution in [3.8, 4) is 11.5 Å². The first kappa shape index (κ1) is 18.6. The van der Waals surface area contributed by atoms with E-state index in [4.69, 9.17) is 9.47 Å². The zero-order chi connectivity index (χ0) is 18.4. The quantitative estimate of drug-likeness (QED) is 0.739. The number of hydrogen-bond donors (Lipinski definition) is 0. The van der Waals surface area contributed by atoms with Gasteiger partial charge in [-0.05, 0) is 38.1 Å². The Kier molecular flexibility index (Phi) is 6.23. The zero-order valence-corrected chi connectivity index (χ0v) is 15.4. The molecule has 132 valence electrons. The molecule has 0 fully saturated rings. The van der Waals surface area contributed by atoms with Crippen LogP contribution in [-0.4, -0.2) is 32.1 Å². The largest absolute Gasteiger partial charge is 0.496 e. The van der Waals surface area contributed by atoms with Gasteiger partial charge in [-0.3, -0.25) is 4.79 Å². The minimum atomic E-state index is -0.104. The van der Waals surface area contributed by atoms with Crippen molar-refractivity contribution < 1.29 is 14.3 Å². The van der Waals surface area contributed by atoms with Crippen molar-refractivity contribution in [3.05, 3.63) is 65.2 Å². The molecule has 0 aliphatic carbocycles. The number of rotatable bonds is 6. The number of nitrogens with zero attached hydrogens (tertiary/aromatic N) is 1. The molecule has 0 aliphatic heterocycles. The lowest BCUT2D eigenvalue weighted by atomic mass is 10.1. The molecule has 4 heteroatoms. The molecule has 1 amide bonds. The van der Waals surface area contributed by atoms with Gasteiger partial charge in [-0.1, -0.05) is 29.8 Å². The fraction of sp³-hybridized carbons (Fsp3) is 0.286. The highest BCUT2D eigenvalue weighted by Crippen LogP contribution is 2.28. The van der Waals surface area contributed by atoms with Crippen LogP contribution in [0.1, 0.15) is 29.7 Å². The molecule has 2 aromatic rings. The molecule has 0 aromatic heterocycles. The van der Waals surface area contributed by atoms with Crippen molar-refractivity contribution >= 4 is 12.0 Å². The van der Waals surface area contributed by atoms with E-state index < -0.39 is 0 Å². The van der Waals surface area contributed by atoms with Crippen molar-refractivity contribution in [1.29, 1.82) is 0 Å². The summed E-state index contributed by atoms with van der Waals surface area (Å²) in [6.45, 7) is 3.99. The number of amides is 1. The molecule has 0 N–H and O–H groups in total. The summed E-state index contributed by atoms with van der Waals surface area (Å²) < 4.78 is 10.7. The highest BCUT2D eigenvalue weighted by molar-refractivity contribution is 5.92. The number of methoxy groups -OCH3 is 2. The highest BCUT2D eigenvalue weighted by atomic mass is 16.5. The van der Waals surface area contributed by atoms with Crippen molar-refractivity contribution in [2.75, 3.05) is 21.3 Å². The van der Waals surface area contributed by atoms with Crippen molar-refractivity contribution in [3.63, 3.8) is 0 Å². The Balaban J connectivity index is 2.18. The van der Waals surface area contributed by atoms with E-state index in [9.17, 15) is 4.79 Å². The number of carbonyl (C=O) groups excluding carboxylic acids is 1. The predicted molar refractivity (Wildman–Crippen MR) is 101 cm³/mol. The molecule has 1 unspecified atom stereocenters. The topological polar surface area (TPSA) is 38.8 Å². The lowest BCUT2D eigenvalue weighted by Gasteiger charge is -2.25. The molecule has 1 atom stereocenters. The number of hydrogen-bond acceptors (Lipinski definition) is 3. The van der Waals surface area contributed by atoms with E-state index in [2.05, 4.69) is 0 Å². The Morgan fingerprint density at radius 2 is 1.76 bits per heavy atom. The Morgan fingerprint density at radius 3 is 2.44 bits per heavy atom. The maximum absolute atomic E-state index is 12.6. The summed E-state index contributed by atoms with van der Waals surface area (Å²) in [7, 11) is 5.05. The molecule has 2 aromatic carbocycles. The van der Waals surface area contributed by atoms with Crippen LogP contribution in [0.4, 0.5) is 0 Å². The lowest BCUT2D eigenvalue weighted by molar-refractivity contribution is -0.126. The molecule has 4 nitrogen and oxygen atoms in total. The Morgan fingerprint density at radius 1 is 1.08 bits per heavy atom. The first-order valence-corrected chi connectivity index (χ1v) is 8.20. The third-order valence-corrected chi connectivity index (χ3v) is 4.31. The fourth-order valence-electron chi connectivity index (χ4n) is 2.67. The maximum Gasteiger partial charge on any atom is 0.246 e. The molecule has 0 radical (unpaired) electrons. The van der Waals surface area contributed by atoms with E-state index in [1.165, 1.54) is 0 Å². The summed E-state index contributed by atoms with van der Waals surface area (Å²) in [6.07, 6.45) is 3.36. The number of para-hydroxylation sites is 1. The molecule has 0 saturated heterocycles. The third kappa shape index (κ3) is 4.41. The van der Waals surface area contributed by atoms with Crippen LogP contribution >= 0.6 is 0 Å². The Bertz CT molecular complexity index is 767. The van der Waals surface area contributed by atoms with Crippen LogP contribution in [0.3, 0.4) is 0 Å². The number of benzene rings is 2. The molecule has 25 heavy (non-hydrogen) atoms. The molecular formula is C21H25NO3. The predicted octanol–water partition coefficient (Wildman–Crippen LogP) is 4.25. The average Bonchev–Trinajstić information content (AvgIpc) is 2.64. The fourth-order valence-corrected chi connectivity index (χ4v) is 2.67. The molecule has 0 aliphatic rings. The lowest BCUT2D eigenvalue weighted by Crippen LogP contribution is -2.28.